The number of thiocarbonyl (C=S) groups is 1. The van der Waals surface area contributed by atoms with Crippen LogP contribution < -0.4 is 10.6 Å². The molecule has 0 aromatic carbocycles. The molecule has 4 heteroatoms. The van der Waals surface area contributed by atoms with Crippen molar-refractivity contribution >= 4 is 22.9 Å². The Morgan fingerprint density at radius 2 is 2.10 bits per heavy atom. The van der Waals surface area contributed by atoms with Crippen LogP contribution in [0.3, 0.4) is 0 Å². The van der Waals surface area contributed by atoms with Crippen molar-refractivity contribution in [2.75, 3.05) is 18.0 Å². The van der Waals surface area contributed by atoms with Gasteiger partial charge in [-0.25, -0.2) is 0 Å². The Hall–Kier alpha value is -1.16. The number of anilines is 1. The van der Waals surface area contributed by atoms with E-state index < -0.39 is 0 Å². The third kappa shape index (κ3) is 3.69. The largest absolute Gasteiger partial charge is 0.388 e. The lowest BCUT2D eigenvalue weighted by Gasteiger charge is -2.30. The number of hydrogen-bond donors (Lipinski definition) is 1. The van der Waals surface area contributed by atoms with Crippen molar-refractivity contribution in [2.45, 2.75) is 40.0 Å². The predicted molar refractivity (Wildman–Crippen MR) is 89.1 cm³/mol. The molecule has 1 aromatic rings. The van der Waals surface area contributed by atoms with E-state index in [2.05, 4.69) is 36.7 Å². The number of pyridine rings is 1. The van der Waals surface area contributed by atoms with Gasteiger partial charge < -0.3 is 10.6 Å². The van der Waals surface area contributed by atoms with Gasteiger partial charge in [0.2, 0.25) is 0 Å². The van der Waals surface area contributed by atoms with E-state index in [0.29, 0.717) is 16.1 Å². The Morgan fingerprint density at radius 1 is 1.35 bits per heavy atom. The summed E-state index contributed by atoms with van der Waals surface area (Å²) in [5, 5.41) is 0. The van der Waals surface area contributed by atoms with E-state index in [1.165, 1.54) is 24.9 Å². The average Bonchev–Trinajstić information content (AvgIpc) is 2.64. The van der Waals surface area contributed by atoms with E-state index >= 15 is 0 Å². The first kappa shape index (κ1) is 15.2. The fraction of sp³-hybridized carbons (Fsp3) is 0.625. The number of rotatable bonds is 2. The van der Waals surface area contributed by atoms with E-state index in [9.17, 15) is 0 Å². The summed E-state index contributed by atoms with van der Waals surface area (Å²) >= 11 is 5.01. The maximum Gasteiger partial charge on any atom is 0.122 e. The smallest absolute Gasteiger partial charge is 0.122 e. The van der Waals surface area contributed by atoms with Gasteiger partial charge in [-0.2, -0.15) is 0 Å². The molecule has 1 unspecified atom stereocenters. The van der Waals surface area contributed by atoms with E-state index in [1.54, 1.807) is 6.20 Å². The summed E-state index contributed by atoms with van der Waals surface area (Å²) in [7, 11) is 0. The fourth-order valence-corrected chi connectivity index (χ4v) is 3.08. The van der Waals surface area contributed by atoms with Crippen molar-refractivity contribution in [3.8, 4) is 0 Å². The molecule has 0 bridgehead atoms. The number of hydrogen-bond acceptors (Lipinski definition) is 3. The highest BCUT2D eigenvalue weighted by Gasteiger charge is 2.27. The first-order valence-corrected chi connectivity index (χ1v) is 7.79. The van der Waals surface area contributed by atoms with Gasteiger partial charge >= 0.3 is 0 Å². The Labute approximate surface area is 127 Å². The summed E-state index contributed by atoms with van der Waals surface area (Å²) in [6.45, 7) is 9.26. The second kappa shape index (κ2) is 6.08. The van der Waals surface area contributed by atoms with E-state index in [4.69, 9.17) is 18.0 Å². The lowest BCUT2D eigenvalue weighted by atomic mass is 9.77. The van der Waals surface area contributed by atoms with Gasteiger partial charge in [-0.05, 0) is 42.7 Å². The van der Waals surface area contributed by atoms with E-state index in [-0.39, 0.29) is 0 Å². The minimum absolute atomic E-state index is 0.370. The van der Waals surface area contributed by atoms with Gasteiger partial charge in [0.15, 0.2) is 0 Å². The molecule has 1 saturated heterocycles. The minimum Gasteiger partial charge on any atom is -0.388 e. The normalized spacial score (nSPS) is 20.6. The number of aromatic nitrogens is 1. The number of nitrogens with two attached hydrogens (primary N) is 1. The molecule has 1 atom stereocenters. The molecule has 0 radical (unpaired) electrons. The second-order valence-electron chi connectivity index (χ2n) is 6.74. The zero-order chi connectivity index (χ0) is 14.8. The van der Waals surface area contributed by atoms with Crippen LogP contribution in [0, 0.1) is 11.3 Å². The molecule has 1 aliphatic heterocycles. The quantitative estimate of drug-likeness (QED) is 0.848. The first-order valence-electron chi connectivity index (χ1n) is 7.39. The van der Waals surface area contributed by atoms with Crippen LogP contribution in [0.2, 0.25) is 0 Å². The molecule has 1 aliphatic rings. The summed E-state index contributed by atoms with van der Waals surface area (Å²) in [6.07, 6.45) is 5.60. The summed E-state index contributed by atoms with van der Waals surface area (Å²) in [5.41, 5.74) is 7.98. The molecule has 0 spiro atoms. The SMILES string of the molecule is CC(C)(C)C1CCCN(c2ccnc(C(N)=S)c2)CC1. The van der Waals surface area contributed by atoms with Gasteiger partial charge in [-0.3, -0.25) is 4.98 Å². The molecular weight excluding hydrogens is 266 g/mol. The Kier molecular flexibility index (Phi) is 4.63. The van der Waals surface area contributed by atoms with Gasteiger partial charge in [0.25, 0.3) is 0 Å². The Bertz CT molecular complexity index is 479. The summed E-state index contributed by atoms with van der Waals surface area (Å²) in [5.74, 6) is 0.796. The first-order chi connectivity index (χ1) is 9.38. The van der Waals surface area contributed by atoms with Crippen LogP contribution in [0.1, 0.15) is 45.7 Å². The lowest BCUT2D eigenvalue weighted by Crippen LogP contribution is -2.26. The van der Waals surface area contributed by atoms with Crippen LogP contribution in [0.25, 0.3) is 0 Å². The summed E-state index contributed by atoms with van der Waals surface area (Å²) < 4.78 is 0. The fourth-order valence-electron chi connectivity index (χ4n) is 2.97. The third-order valence-corrected chi connectivity index (χ3v) is 4.52. The molecule has 0 aliphatic carbocycles. The topological polar surface area (TPSA) is 42.2 Å². The Balaban J connectivity index is 2.11. The van der Waals surface area contributed by atoms with Gasteiger partial charge in [0.1, 0.15) is 4.99 Å². The van der Waals surface area contributed by atoms with Crippen LogP contribution in [0.5, 0.6) is 0 Å². The maximum absolute atomic E-state index is 5.67. The van der Waals surface area contributed by atoms with Gasteiger partial charge in [-0.1, -0.05) is 33.0 Å². The maximum atomic E-state index is 5.67. The highest BCUT2D eigenvalue weighted by atomic mass is 32.1. The van der Waals surface area contributed by atoms with Gasteiger partial charge in [0, 0.05) is 25.0 Å². The molecule has 0 amide bonds. The lowest BCUT2D eigenvalue weighted by molar-refractivity contribution is 0.220. The van der Waals surface area contributed by atoms with Crippen LogP contribution in [-0.4, -0.2) is 23.1 Å². The monoisotopic (exact) mass is 291 g/mol. The van der Waals surface area contributed by atoms with Crippen LogP contribution in [-0.2, 0) is 0 Å². The average molecular weight is 291 g/mol. The highest BCUT2D eigenvalue weighted by molar-refractivity contribution is 7.80. The Morgan fingerprint density at radius 3 is 2.75 bits per heavy atom. The molecule has 3 nitrogen and oxygen atoms in total. The van der Waals surface area contributed by atoms with E-state index in [0.717, 1.165) is 19.0 Å². The molecule has 110 valence electrons. The van der Waals surface area contributed by atoms with Crippen molar-refractivity contribution in [1.29, 1.82) is 0 Å². The second-order valence-corrected chi connectivity index (χ2v) is 7.18. The van der Waals surface area contributed by atoms with Gasteiger partial charge in [0.05, 0.1) is 5.69 Å². The zero-order valence-corrected chi connectivity index (χ0v) is 13.5. The van der Waals surface area contributed by atoms with Crippen LogP contribution in [0.15, 0.2) is 18.3 Å². The van der Waals surface area contributed by atoms with Crippen molar-refractivity contribution in [2.24, 2.45) is 17.1 Å². The number of nitrogens with zero attached hydrogens (tertiary/aromatic N) is 2. The summed E-state index contributed by atoms with van der Waals surface area (Å²) in [6, 6.07) is 4.07. The van der Waals surface area contributed by atoms with Gasteiger partial charge in [-0.15, -0.1) is 0 Å². The molecule has 1 fully saturated rings. The summed E-state index contributed by atoms with van der Waals surface area (Å²) in [4.78, 5) is 7.03. The molecule has 20 heavy (non-hydrogen) atoms. The van der Waals surface area contributed by atoms with Crippen LogP contribution >= 0.6 is 12.2 Å². The molecule has 2 rings (SSSR count). The molecule has 2 N–H and O–H groups in total. The third-order valence-electron chi connectivity index (χ3n) is 4.31. The van der Waals surface area contributed by atoms with Crippen molar-refractivity contribution < 1.29 is 0 Å². The standard InChI is InChI=1S/C16H25N3S/c1-16(2,3)12-5-4-9-19(10-7-12)13-6-8-18-14(11-13)15(17)20/h6,8,11-12H,4-5,7,9-10H2,1-3H3,(H2,17,20). The minimum atomic E-state index is 0.370. The molecule has 2 heterocycles. The van der Waals surface area contributed by atoms with Crippen molar-refractivity contribution in [1.82, 2.24) is 4.98 Å². The molecular formula is C16H25N3S. The highest BCUT2D eigenvalue weighted by Crippen LogP contribution is 2.35. The van der Waals surface area contributed by atoms with Crippen LogP contribution in [0.4, 0.5) is 5.69 Å². The van der Waals surface area contributed by atoms with Crippen molar-refractivity contribution in [3.05, 3.63) is 24.0 Å². The molecule has 1 aromatic heterocycles. The van der Waals surface area contributed by atoms with E-state index in [1.807, 2.05) is 6.07 Å². The zero-order valence-electron chi connectivity index (χ0n) is 12.7. The molecule has 0 saturated carbocycles. The van der Waals surface area contributed by atoms with Crippen molar-refractivity contribution in [3.63, 3.8) is 0 Å². The predicted octanol–water partition coefficient (Wildman–Crippen LogP) is 3.37.